The predicted octanol–water partition coefficient (Wildman–Crippen LogP) is 0.560. The molecule has 0 aromatic rings. The van der Waals surface area contributed by atoms with E-state index in [9.17, 15) is 13.2 Å². The fourth-order valence-corrected chi connectivity index (χ4v) is 3.57. The molecule has 0 radical (unpaired) electrons. The highest BCUT2D eigenvalue weighted by atomic mass is 32.2. The standard InChI is InChI=1S/C10H20N2O4S/c1-10(2,8-9(13)14)11-17(15,16)12-6-4-3-5-7-12/h11H,3-8H2,1-2H3,(H,13,14). The van der Waals surface area contributed by atoms with E-state index in [-0.39, 0.29) is 6.42 Å². The summed E-state index contributed by atoms with van der Waals surface area (Å²) in [4.78, 5) is 10.6. The van der Waals surface area contributed by atoms with Crippen LogP contribution in [-0.4, -0.2) is 42.4 Å². The summed E-state index contributed by atoms with van der Waals surface area (Å²) in [7, 11) is -3.57. The Kier molecular flexibility index (Phi) is 4.51. The van der Waals surface area contributed by atoms with Crippen LogP contribution in [0.15, 0.2) is 0 Å². The van der Waals surface area contributed by atoms with Crippen LogP contribution < -0.4 is 4.72 Å². The van der Waals surface area contributed by atoms with E-state index in [1.54, 1.807) is 13.8 Å². The summed E-state index contributed by atoms with van der Waals surface area (Å²) in [5.74, 6) is -1.02. The van der Waals surface area contributed by atoms with Gasteiger partial charge in [0.1, 0.15) is 0 Å². The molecule has 0 aromatic carbocycles. The molecule has 0 spiro atoms. The van der Waals surface area contributed by atoms with E-state index >= 15 is 0 Å². The van der Waals surface area contributed by atoms with Crippen LogP contribution in [-0.2, 0) is 15.0 Å². The Morgan fingerprint density at radius 1 is 1.29 bits per heavy atom. The fraction of sp³-hybridized carbons (Fsp3) is 0.900. The predicted molar refractivity (Wildman–Crippen MR) is 63.8 cm³/mol. The molecule has 1 fully saturated rings. The lowest BCUT2D eigenvalue weighted by Crippen LogP contribution is -2.52. The van der Waals surface area contributed by atoms with Crippen molar-refractivity contribution in [3.05, 3.63) is 0 Å². The SMILES string of the molecule is CC(C)(CC(=O)O)NS(=O)(=O)N1CCCCC1. The van der Waals surface area contributed by atoms with Crippen molar-refractivity contribution < 1.29 is 18.3 Å². The topological polar surface area (TPSA) is 86.7 Å². The number of rotatable bonds is 5. The van der Waals surface area contributed by atoms with E-state index in [0.717, 1.165) is 19.3 Å². The average Bonchev–Trinajstić information content (AvgIpc) is 2.15. The Morgan fingerprint density at radius 2 is 1.82 bits per heavy atom. The highest BCUT2D eigenvalue weighted by Crippen LogP contribution is 2.16. The summed E-state index contributed by atoms with van der Waals surface area (Å²) in [6, 6.07) is 0. The van der Waals surface area contributed by atoms with Gasteiger partial charge in [-0.15, -0.1) is 0 Å². The maximum Gasteiger partial charge on any atom is 0.305 e. The van der Waals surface area contributed by atoms with Crippen LogP contribution in [0.2, 0.25) is 0 Å². The van der Waals surface area contributed by atoms with Gasteiger partial charge in [-0.2, -0.15) is 17.4 Å². The number of aliphatic carboxylic acids is 1. The van der Waals surface area contributed by atoms with Crippen LogP contribution in [0.5, 0.6) is 0 Å². The first-order valence-electron chi connectivity index (χ1n) is 5.74. The van der Waals surface area contributed by atoms with Crippen LogP contribution in [0, 0.1) is 0 Å². The Morgan fingerprint density at radius 3 is 2.29 bits per heavy atom. The molecule has 1 aliphatic rings. The molecule has 0 unspecified atom stereocenters. The molecule has 1 rings (SSSR count). The van der Waals surface area contributed by atoms with Gasteiger partial charge in [0.2, 0.25) is 0 Å². The van der Waals surface area contributed by atoms with Crippen molar-refractivity contribution in [2.75, 3.05) is 13.1 Å². The molecule has 7 heteroatoms. The van der Waals surface area contributed by atoms with Crippen LogP contribution in [0.3, 0.4) is 0 Å². The van der Waals surface area contributed by atoms with Crippen molar-refractivity contribution in [3.63, 3.8) is 0 Å². The lowest BCUT2D eigenvalue weighted by Gasteiger charge is -2.31. The molecule has 100 valence electrons. The molecule has 0 atom stereocenters. The Labute approximate surface area is 102 Å². The Bertz CT molecular complexity index is 372. The van der Waals surface area contributed by atoms with Crippen molar-refractivity contribution in [2.45, 2.75) is 45.1 Å². The van der Waals surface area contributed by atoms with E-state index < -0.39 is 21.7 Å². The van der Waals surface area contributed by atoms with Gasteiger partial charge in [-0.05, 0) is 26.7 Å². The summed E-state index contributed by atoms with van der Waals surface area (Å²) < 4.78 is 27.8. The number of carboxylic acid groups (broad SMARTS) is 1. The third-order valence-electron chi connectivity index (χ3n) is 2.65. The van der Waals surface area contributed by atoms with Gasteiger partial charge in [-0.3, -0.25) is 4.79 Å². The fourth-order valence-electron chi connectivity index (χ4n) is 1.93. The van der Waals surface area contributed by atoms with Crippen LogP contribution in [0.1, 0.15) is 39.5 Å². The molecule has 1 aliphatic heterocycles. The molecule has 0 bridgehead atoms. The van der Waals surface area contributed by atoms with Crippen molar-refractivity contribution in [1.82, 2.24) is 9.03 Å². The molecule has 17 heavy (non-hydrogen) atoms. The molecular weight excluding hydrogens is 244 g/mol. The maximum atomic E-state index is 12.0. The lowest BCUT2D eigenvalue weighted by molar-refractivity contribution is -0.138. The molecule has 1 saturated heterocycles. The number of piperidine rings is 1. The van der Waals surface area contributed by atoms with Gasteiger partial charge >= 0.3 is 5.97 Å². The summed E-state index contributed by atoms with van der Waals surface area (Å²) in [6.45, 7) is 4.17. The van der Waals surface area contributed by atoms with Crippen molar-refractivity contribution in [3.8, 4) is 0 Å². The number of nitrogens with one attached hydrogen (secondary N) is 1. The second kappa shape index (κ2) is 5.32. The van der Waals surface area contributed by atoms with Crippen molar-refractivity contribution in [1.29, 1.82) is 0 Å². The molecule has 1 heterocycles. The minimum atomic E-state index is -3.57. The first kappa shape index (κ1) is 14.4. The number of carbonyl (C=O) groups is 1. The normalized spacial score (nSPS) is 19.2. The van der Waals surface area contributed by atoms with E-state index in [1.165, 1.54) is 4.31 Å². The second-order valence-electron chi connectivity index (χ2n) is 5.02. The number of carboxylic acids is 1. The van der Waals surface area contributed by atoms with Crippen LogP contribution in [0.4, 0.5) is 0 Å². The number of nitrogens with zero attached hydrogens (tertiary/aromatic N) is 1. The molecule has 0 saturated carbocycles. The number of hydrogen-bond donors (Lipinski definition) is 2. The Balaban J connectivity index is 2.67. The molecule has 6 nitrogen and oxygen atoms in total. The van der Waals surface area contributed by atoms with E-state index in [2.05, 4.69) is 4.72 Å². The van der Waals surface area contributed by atoms with Gasteiger partial charge in [0, 0.05) is 18.6 Å². The maximum absolute atomic E-state index is 12.0. The third kappa shape index (κ3) is 4.61. The second-order valence-corrected chi connectivity index (χ2v) is 6.69. The van der Waals surface area contributed by atoms with Gasteiger partial charge in [0.15, 0.2) is 0 Å². The monoisotopic (exact) mass is 264 g/mol. The van der Waals surface area contributed by atoms with Crippen LogP contribution in [0.25, 0.3) is 0 Å². The first-order valence-corrected chi connectivity index (χ1v) is 7.18. The quantitative estimate of drug-likeness (QED) is 0.759. The summed E-state index contributed by atoms with van der Waals surface area (Å²) in [5, 5.41) is 8.71. The number of hydrogen-bond acceptors (Lipinski definition) is 3. The molecule has 0 aliphatic carbocycles. The molecule has 2 N–H and O–H groups in total. The third-order valence-corrected chi connectivity index (χ3v) is 4.51. The minimum absolute atomic E-state index is 0.236. The zero-order valence-corrected chi connectivity index (χ0v) is 11.1. The van der Waals surface area contributed by atoms with E-state index in [0.29, 0.717) is 13.1 Å². The first-order chi connectivity index (χ1) is 7.73. The highest BCUT2D eigenvalue weighted by Gasteiger charge is 2.31. The van der Waals surface area contributed by atoms with Crippen molar-refractivity contribution in [2.24, 2.45) is 0 Å². The molecular formula is C10H20N2O4S. The summed E-state index contributed by atoms with van der Waals surface area (Å²) >= 11 is 0. The zero-order valence-electron chi connectivity index (χ0n) is 10.3. The van der Waals surface area contributed by atoms with Gasteiger partial charge in [-0.1, -0.05) is 6.42 Å². The van der Waals surface area contributed by atoms with Gasteiger partial charge in [0.25, 0.3) is 10.2 Å². The van der Waals surface area contributed by atoms with E-state index in [1.807, 2.05) is 0 Å². The molecule has 0 amide bonds. The zero-order chi connectivity index (χ0) is 13.1. The van der Waals surface area contributed by atoms with Crippen LogP contribution >= 0.6 is 0 Å². The Hall–Kier alpha value is -0.660. The highest BCUT2D eigenvalue weighted by molar-refractivity contribution is 7.87. The summed E-state index contributed by atoms with van der Waals surface area (Å²) in [6.07, 6.45) is 2.53. The minimum Gasteiger partial charge on any atom is -0.481 e. The van der Waals surface area contributed by atoms with Gasteiger partial charge < -0.3 is 5.11 Å². The molecule has 0 aromatic heterocycles. The lowest BCUT2D eigenvalue weighted by atomic mass is 10.0. The largest absolute Gasteiger partial charge is 0.481 e. The smallest absolute Gasteiger partial charge is 0.305 e. The van der Waals surface area contributed by atoms with Gasteiger partial charge in [0.05, 0.1) is 6.42 Å². The van der Waals surface area contributed by atoms with Gasteiger partial charge in [-0.25, -0.2) is 0 Å². The van der Waals surface area contributed by atoms with Crippen molar-refractivity contribution >= 4 is 16.2 Å². The average molecular weight is 264 g/mol. The summed E-state index contributed by atoms with van der Waals surface area (Å²) in [5.41, 5.74) is -0.970. The van der Waals surface area contributed by atoms with E-state index in [4.69, 9.17) is 5.11 Å².